The van der Waals surface area contributed by atoms with Gasteiger partial charge in [0.2, 0.25) is 0 Å². The van der Waals surface area contributed by atoms with Crippen LogP contribution in [-0.4, -0.2) is 13.4 Å². The summed E-state index contributed by atoms with van der Waals surface area (Å²) in [5, 5.41) is 0. The second-order valence-electron chi connectivity index (χ2n) is 39.7. The van der Waals surface area contributed by atoms with Gasteiger partial charge in [0.25, 0.3) is 13.4 Å². The first-order valence-electron chi connectivity index (χ1n) is 38.1. The molecule has 0 spiro atoms. The molecule has 0 unspecified atom stereocenters. The standard InChI is InChI=1S/C96H111B2N3O3/c1-88(2,3)58-28-38-65(39-29-58)99-76-57-77-75(98-85-73(96(25,26)27)49-64(94(19,20)21)51-82(85)104-83-55-71(103-69-46-36-62(37-47-69)92(13,14)15)54-81(87(83)98)100(77)66-40-30-59(31-41-66)89(4,5)6)56-74(76)97-84-72(95(22,23)24)48-63(93(16,17)18)50-78(84)101(67-42-32-60(33-43-67)90(7,8)9)80-53-70(52-79(99)86(80)97)102-68-44-34-61(35-45-68)91(10,11)12/h28-57H,1-27H3. The number of fused-ring (bicyclic) bond motifs is 8. The number of benzene rings is 10. The maximum atomic E-state index is 7.70. The van der Waals surface area contributed by atoms with Crippen LogP contribution in [0.3, 0.4) is 0 Å². The highest BCUT2D eigenvalue weighted by Crippen LogP contribution is 2.53. The molecule has 4 aliphatic rings. The van der Waals surface area contributed by atoms with Crippen molar-refractivity contribution in [2.24, 2.45) is 0 Å². The van der Waals surface area contributed by atoms with Gasteiger partial charge in [-0.25, -0.2) is 0 Å². The van der Waals surface area contributed by atoms with Crippen molar-refractivity contribution in [2.75, 3.05) is 14.7 Å². The third-order valence-corrected chi connectivity index (χ3v) is 22.4. The lowest BCUT2D eigenvalue weighted by molar-refractivity contribution is 0.459. The normalized spacial score (nSPS) is 14.5. The lowest BCUT2D eigenvalue weighted by Gasteiger charge is -2.48. The predicted molar refractivity (Wildman–Crippen MR) is 448 cm³/mol. The molecule has 534 valence electrons. The average Bonchev–Trinajstić information content (AvgIpc) is 0.681. The van der Waals surface area contributed by atoms with Crippen molar-refractivity contribution in [1.82, 2.24) is 0 Å². The van der Waals surface area contributed by atoms with Gasteiger partial charge in [-0.05, 0) is 210 Å². The molecule has 0 fully saturated rings. The number of hydrogen-bond donors (Lipinski definition) is 0. The molecule has 0 aromatic heterocycles. The molecular formula is C96H111B2N3O3. The maximum absolute atomic E-state index is 7.70. The van der Waals surface area contributed by atoms with Crippen LogP contribution in [0.15, 0.2) is 182 Å². The zero-order valence-electron chi connectivity index (χ0n) is 67.5. The van der Waals surface area contributed by atoms with Crippen molar-refractivity contribution in [3.05, 3.63) is 232 Å². The van der Waals surface area contributed by atoms with E-state index in [0.29, 0.717) is 5.75 Å². The van der Waals surface area contributed by atoms with E-state index >= 15 is 0 Å². The average molecular weight is 1380 g/mol. The quantitative estimate of drug-likeness (QED) is 0.148. The number of anilines is 9. The third-order valence-electron chi connectivity index (χ3n) is 22.4. The van der Waals surface area contributed by atoms with E-state index in [1.165, 1.54) is 83.1 Å². The summed E-state index contributed by atoms with van der Waals surface area (Å²) in [6.07, 6.45) is 0. The smallest absolute Gasteiger partial charge is 0.256 e. The summed E-state index contributed by atoms with van der Waals surface area (Å²) >= 11 is 0. The van der Waals surface area contributed by atoms with Crippen molar-refractivity contribution < 1.29 is 14.2 Å². The molecule has 14 rings (SSSR count). The number of nitrogens with zero attached hydrogens (tertiary/aromatic N) is 3. The van der Waals surface area contributed by atoms with Gasteiger partial charge in [-0.3, -0.25) is 0 Å². The molecule has 0 radical (unpaired) electrons. The van der Waals surface area contributed by atoms with E-state index in [1.807, 2.05) is 0 Å². The van der Waals surface area contributed by atoms with Crippen LogP contribution in [-0.2, 0) is 48.7 Å². The maximum Gasteiger partial charge on any atom is 0.256 e. The van der Waals surface area contributed by atoms with Gasteiger partial charge in [-0.15, -0.1) is 0 Å². The lowest BCUT2D eigenvalue weighted by Crippen LogP contribution is -2.66. The van der Waals surface area contributed by atoms with E-state index in [-0.39, 0.29) is 62.2 Å². The van der Waals surface area contributed by atoms with Crippen LogP contribution < -0.4 is 61.7 Å². The molecule has 4 heterocycles. The van der Waals surface area contributed by atoms with Crippen LogP contribution in [0.25, 0.3) is 0 Å². The number of hydrogen-bond acceptors (Lipinski definition) is 6. The van der Waals surface area contributed by atoms with E-state index in [0.717, 1.165) is 79.7 Å². The highest BCUT2D eigenvalue weighted by Gasteiger charge is 2.51. The first-order chi connectivity index (χ1) is 48.2. The fourth-order valence-electron chi connectivity index (χ4n) is 16.1. The molecule has 0 amide bonds. The Morgan fingerprint density at radius 2 is 0.519 bits per heavy atom. The summed E-state index contributed by atoms with van der Waals surface area (Å²) in [5.41, 5.74) is 27.3. The van der Waals surface area contributed by atoms with Gasteiger partial charge in [0.15, 0.2) is 0 Å². The second kappa shape index (κ2) is 24.3. The van der Waals surface area contributed by atoms with E-state index < -0.39 is 0 Å². The minimum absolute atomic E-state index is 0.0205. The zero-order valence-corrected chi connectivity index (χ0v) is 67.5. The van der Waals surface area contributed by atoms with Crippen LogP contribution >= 0.6 is 0 Å². The largest absolute Gasteiger partial charge is 0.458 e. The molecule has 0 N–H and O–H groups in total. The molecule has 0 atom stereocenters. The highest BCUT2D eigenvalue weighted by molar-refractivity contribution is 7.03. The fraction of sp³-hybridized carbons (Fsp3) is 0.375. The Morgan fingerprint density at radius 3 is 0.875 bits per heavy atom. The van der Waals surface area contributed by atoms with E-state index in [1.54, 1.807) is 0 Å². The minimum atomic E-state index is -0.300. The van der Waals surface area contributed by atoms with Crippen molar-refractivity contribution in [2.45, 2.75) is 236 Å². The van der Waals surface area contributed by atoms with E-state index in [2.05, 4.69) is 384 Å². The Labute approximate surface area is 624 Å². The number of ether oxygens (including phenoxy) is 3. The Kier molecular flexibility index (Phi) is 16.9. The summed E-state index contributed by atoms with van der Waals surface area (Å²) < 4.78 is 22.3. The molecule has 104 heavy (non-hydrogen) atoms. The van der Waals surface area contributed by atoms with Crippen LogP contribution in [0.1, 0.15) is 237 Å². The molecule has 10 aromatic carbocycles. The fourth-order valence-corrected chi connectivity index (χ4v) is 16.1. The van der Waals surface area contributed by atoms with Crippen molar-refractivity contribution >= 4 is 97.4 Å². The SMILES string of the molecule is CC(C)(C)c1ccc(Oc2cc3c4c(c2)N(c2ccc(C(C)(C)C)cc2)c2cc5c(cc2B4c2c(cc(C(C)(C)C)cc2C(C)(C)C)O3)B2c3c(cc(Oc4ccc(C(C)(C)C)cc4)cc3N(c3ccc(C(C)(C)C)cc3)c3cc(C(C)(C)C)cc(C(C)(C)C)c32)N5c2ccc(C(C)(C)C)cc2)cc1. The van der Waals surface area contributed by atoms with Gasteiger partial charge in [0.05, 0.1) is 0 Å². The molecule has 4 aliphatic heterocycles. The first-order valence-corrected chi connectivity index (χ1v) is 38.1. The molecule has 10 aromatic rings. The zero-order chi connectivity index (χ0) is 75.0. The van der Waals surface area contributed by atoms with Crippen LogP contribution in [0.5, 0.6) is 34.5 Å². The summed E-state index contributed by atoms with van der Waals surface area (Å²) in [6, 6.07) is 70.0. The molecule has 0 saturated heterocycles. The van der Waals surface area contributed by atoms with Gasteiger partial charge >= 0.3 is 0 Å². The topological polar surface area (TPSA) is 37.4 Å². The van der Waals surface area contributed by atoms with Gasteiger partial charge in [0.1, 0.15) is 34.5 Å². The molecule has 6 nitrogen and oxygen atoms in total. The third kappa shape index (κ3) is 12.9. The van der Waals surface area contributed by atoms with Gasteiger partial charge in [0, 0.05) is 75.5 Å². The Morgan fingerprint density at radius 1 is 0.231 bits per heavy atom. The van der Waals surface area contributed by atoms with E-state index in [9.17, 15) is 0 Å². The summed E-state index contributed by atoms with van der Waals surface area (Å²) in [7, 11) is 0. The molecule has 0 saturated carbocycles. The van der Waals surface area contributed by atoms with Gasteiger partial charge < -0.3 is 28.9 Å². The van der Waals surface area contributed by atoms with Crippen molar-refractivity contribution in [1.29, 1.82) is 0 Å². The second-order valence-corrected chi connectivity index (χ2v) is 39.7. The lowest BCUT2D eigenvalue weighted by atomic mass is 9.29. The molecule has 0 bridgehead atoms. The van der Waals surface area contributed by atoms with Crippen molar-refractivity contribution in [3.8, 4) is 34.5 Å². The summed E-state index contributed by atoms with van der Waals surface area (Å²) in [4.78, 5) is 7.73. The highest BCUT2D eigenvalue weighted by atomic mass is 16.5. The van der Waals surface area contributed by atoms with Crippen molar-refractivity contribution in [3.63, 3.8) is 0 Å². The summed E-state index contributed by atoms with van der Waals surface area (Å²) in [5.74, 6) is 4.69. The van der Waals surface area contributed by atoms with Gasteiger partial charge in [-0.2, -0.15) is 0 Å². The minimum Gasteiger partial charge on any atom is -0.458 e. The van der Waals surface area contributed by atoms with E-state index in [4.69, 9.17) is 14.2 Å². The predicted octanol–water partition coefficient (Wildman–Crippen LogP) is 23.4. The molecular weight excluding hydrogens is 1260 g/mol. The van der Waals surface area contributed by atoms with Crippen LogP contribution in [0.4, 0.5) is 51.2 Å². The Bertz CT molecular complexity index is 5020. The van der Waals surface area contributed by atoms with Crippen LogP contribution in [0.2, 0.25) is 0 Å². The summed E-state index contributed by atoms with van der Waals surface area (Å²) in [6.45, 7) is 62.3. The Hall–Kier alpha value is -8.87. The number of rotatable bonds is 7. The van der Waals surface area contributed by atoms with Gasteiger partial charge in [-0.1, -0.05) is 266 Å². The monoisotopic (exact) mass is 1380 g/mol. The molecule has 0 aliphatic carbocycles. The Balaban J connectivity index is 1.15. The first kappa shape index (κ1) is 72.1. The van der Waals surface area contributed by atoms with Crippen LogP contribution in [0, 0.1) is 0 Å². The molecule has 8 heteroatoms.